The van der Waals surface area contributed by atoms with E-state index in [-0.39, 0.29) is 5.78 Å². The van der Waals surface area contributed by atoms with Crippen LogP contribution in [0.5, 0.6) is 11.5 Å². The van der Waals surface area contributed by atoms with Gasteiger partial charge in [-0.1, -0.05) is 6.92 Å². The Balaban J connectivity index is 2.05. The van der Waals surface area contributed by atoms with E-state index in [4.69, 9.17) is 15.2 Å². The van der Waals surface area contributed by atoms with E-state index < -0.39 is 0 Å². The number of nitrogen functional groups attached to an aromatic ring is 1. The van der Waals surface area contributed by atoms with E-state index >= 15 is 0 Å². The van der Waals surface area contributed by atoms with Crippen LogP contribution in [0.25, 0.3) is 0 Å². The fraction of sp³-hybridized carbons (Fsp3) is 0.389. The maximum absolute atomic E-state index is 13.0. The van der Waals surface area contributed by atoms with Gasteiger partial charge in [-0.2, -0.15) is 0 Å². The molecule has 0 spiro atoms. The van der Waals surface area contributed by atoms with Gasteiger partial charge in [-0.15, -0.1) is 11.3 Å². The molecule has 0 fully saturated rings. The summed E-state index contributed by atoms with van der Waals surface area (Å²) in [6.07, 6.45) is 3.04. The maximum atomic E-state index is 13.0. The van der Waals surface area contributed by atoms with Crippen LogP contribution in [-0.4, -0.2) is 20.0 Å². The highest BCUT2D eigenvalue weighted by Crippen LogP contribution is 2.39. The number of hydrogen-bond acceptors (Lipinski definition) is 5. The third-order valence-corrected chi connectivity index (χ3v) is 5.46. The number of methoxy groups -OCH3 is 2. The number of hydrogen-bond donors (Lipinski definition) is 1. The molecule has 1 atom stereocenters. The number of anilines is 1. The fourth-order valence-electron chi connectivity index (χ4n) is 3.10. The van der Waals surface area contributed by atoms with Crippen molar-refractivity contribution in [2.45, 2.75) is 26.2 Å². The zero-order chi connectivity index (χ0) is 16.6. The number of carbonyl (C=O) groups is 1. The molecule has 1 heterocycles. The van der Waals surface area contributed by atoms with Gasteiger partial charge in [0.25, 0.3) is 0 Å². The summed E-state index contributed by atoms with van der Waals surface area (Å²) in [5.74, 6) is 1.81. The second-order valence-corrected chi connectivity index (χ2v) is 7.16. The molecule has 5 heteroatoms. The zero-order valence-electron chi connectivity index (χ0n) is 13.6. The smallest absolute Gasteiger partial charge is 0.196 e. The van der Waals surface area contributed by atoms with Crippen molar-refractivity contribution in [1.29, 1.82) is 0 Å². The average Bonchev–Trinajstić information content (AvgIpc) is 2.88. The first-order valence-electron chi connectivity index (χ1n) is 7.71. The van der Waals surface area contributed by atoms with Gasteiger partial charge in [-0.3, -0.25) is 4.79 Å². The van der Waals surface area contributed by atoms with Crippen LogP contribution in [0, 0.1) is 5.92 Å². The Morgan fingerprint density at radius 2 is 1.87 bits per heavy atom. The molecule has 23 heavy (non-hydrogen) atoms. The van der Waals surface area contributed by atoms with Gasteiger partial charge in [0.05, 0.1) is 24.8 Å². The maximum Gasteiger partial charge on any atom is 0.196 e. The molecule has 1 aromatic heterocycles. The van der Waals surface area contributed by atoms with Crippen LogP contribution >= 0.6 is 11.3 Å². The lowest BCUT2D eigenvalue weighted by molar-refractivity contribution is 0.103. The molecular formula is C18H21NO3S. The first-order valence-corrected chi connectivity index (χ1v) is 8.53. The van der Waals surface area contributed by atoms with E-state index in [2.05, 4.69) is 6.92 Å². The predicted octanol–water partition coefficient (Wildman–Crippen LogP) is 3.70. The van der Waals surface area contributed by atoms with E-state index in [1.54, 1.807) is 43.8 Å². The second kappa shape index (κ2) is 6.24. The molecule has 122 valence electrons. The number of nitrogens with two attached hydrogens (primary N) is 1. The summed E-state index contributed by atoms with van der Waals surface area (Å²) >= 11 is 1.56. The standard InChI is InChI=1S/C18H21NO3S/c1-10-4-5-14-15(6-10)23-18(19)16(14)17(20)11-7-12(21-2)9-13(8-11)22-3/h7-10H,4-6,19H2,1-3H3. The van der Waals surface area contributed by atoms with E-state index in [1.165, 1.54) is 4.88 Å². The average molecular weight is 331 g/mol. The van der Waals surface area contributed by atoms with Crippen molar-refractivity contribution < 1.29 is 14.3 Å². The van der Waals surface area contributed by atoms with Gasteiger partial charge >= 0.3 is 0 Å². The van der Waals surface area contributed by atoms with E-state index in [0.29, 0.717) is 33.5 Å². The first-order chi connectivity index (χ1) is 11.0. The minimum Gasteiger partial charge on any atom is -0.497 e. The topological polar surface area (TPSA) is 61.5 Å². The molecule has 1 aliphatic rings. The molecule has 0 radical (unpaired) electrons. The van der Waals surface area contributed by atoms with Crippen LogP contribution in [0.15, 0.2) is 18.2 Å². The van der Waals surface area contributed by atoms with Gasteiger partial charge in [-0.05, 0) is 42.9 Å². The SMILES string of the molecule is COc1cc(OC)cc(C(=O)c2c(N)sc3c2CCC(C)C3)c1. The minimum atomic E-state index is -0.0493. The van der Waals surface area contributed by atoms with Crippen LogP contribution in [-0.2, 0) is 12.8 Å². The van der Waals surface area contributed by atoms with Crippen LogP contribution in [0.4, 0.5) is 5.00 Å². The van der Waals surface area contributed by atoms with E-state index in [1.807, 2.05) is 0 Å². The van der Waals surface area contributed by atoms with Crippen molar-refractivity contribution in [3.8, 4) is 11.5 Å². The van der Waals surface area contributed by atoms with Crippen molar-refractivity contribution in [2.24, 2.45) is 5.92 Å². The first kappa shape index (κ1) is 15.9. The molecule has 4 nitrogen and oxygen atoms in total. The van der Waals surface area contributed by atoms with Gasteiger partial charge in [0.15, 0.2) is 5.78 Å². The number of fused-ring (bicyclic) bond motifs is 1. The molecule has 1 unspecified atom stereocenters. The lowest BCUT2D eigenvalue weighted by Gasteiger charge is -2.18. The Hall–Kier alpha value is -2.01. The number of carbonyl (C=O) groups excluding carboxylic acids is 1. The molecular weight excluding hydrogens is 310 g/mol. The molecule has 2 aromatic rings. The van der Waals surface area contributed by atoms with Gasteiger partial charge in [0, 0.05) is 16.5 Å². The van der Waals surface area contributed by atoms with Gasteiger partial charge in [-0.25, -0.2) is 0 Å². The monoisotopic (exact) mass is 331 g/mol. The van der Waals surface area contributed by atoms with Crippen LogP contribution in [0.3, 0.4) is 0 Å². The Labute approximate surface area is 140 Å². The third-order valence-electron chi connectivity index (χ3n) is 4.38. The molecule has 0 bridgehead atoms. The normalized spacial score (nSPS) is 16.7. The van der Waals surface area contributed by atoms with Crippen molar-refractivity contribution in [3.05, 3.63) is 39.8 Å². The molecule has 1 aromatic carbocycles. The summed E-state index contributed by atoms with van der Waals surface area (Å²) in [6.45, 7) is 2.24. The highest BCUT2D eigenvalue weighted by atomic mass is 32.1. The lowest BCUT2D eigenvalue weighted by Crippen LogP contribution is -2.13. The summed E-state index contributed by atoms with van der Waals surface area (Å²) < 4.78 is 10.5. The highest BCUT2D eigenvalue weighted by molar-refractivity contribution is 7.16. The van der Waals surface area contributed by atoms with E-state index in [0.717, 1.165) is 24.8 Å². The van der Waals surface area contributed by atoms with Crippen molar-refractivity contribution in [3.63, 3.8) is 0 Å². The number of rotatable bonds is 4. The Morgan fingerprint density at radius 1 is 1.22 bits per heavy atom. The largest absolute Gasteiger partial charge is 0.497 e. The van der Waals surface area contributed by atoms with Crippen LogP contribution < -0.4 is 15.2 Å². The van der Waals surface area contributed by atoms with Crippen molar-refractivity contribution >= 4 is 22.1 Å². The summed E-state index contributed by atoms with van der Waals surface area (Å²) in [7, 11) is 3.15. The predicted molar refractivity (Wildman–Crippen MR) is 92.9 cm³/mol. The van der Waals surface area contributed by atoms with Gasteiger partial charge < -0.3 is 15.2 Å². The molecule has 0 amide bonds. The van der Waals surface area contributed by atoms with Crippen molar-refractivity contribution in [1.82, 2.24) is 0 Å². The lowest BCUT2D eigenvalue weighted by atomic mass is 9.86. The van der Waals surface area contributed by atoms with Crippen LogP contribution in [0.2, 0.25) is 0 Å². The molecule has 0 saturated carbocycles. The van der Waals surface area contributed by atoms with E-state index in [9.17, 15) is 4.79 Å². The summed E-state index contributed by atoms with van der Waals surface area (Å²) in [5, 5.41) is 0.621. The fourth-order valence-corrected chi connectivity index (χ4v) is 4.38. The number of ketones is 1. The molecule has 0 aliphatic heterocycles. The molecule has 2 N–H and O–H groups in total. The van der Waals surface area contributed by atoms with Crippen LogP contribution in [0.1, 0.15) is 39.7 Å². The Bertz CT molecular complexity index is 729. The molecule has 0 saturated heterocycles. The minimum absolute atomic E-state index is 0.0493. The summed E-state index contributed by atoms with van der Waals surface area (Å²) in [5.41, 5.74) is 8.54. The Kier molecular flexibility index (Phi) is 4.31. The number of ether oxygens (including phenoxy) is 2. The zero-order valence-corrected chi connectivity index (χ0v) is 14.5. The second-order valence-electron chi connectivity index (χ2n) is 6.02. The van der Waals surface area contributed by atoms with Gasteiger partial charge in [0.2, 0.25) is 0 Å². The quantitative estimate of drug-likeness (QED) is 0.868. The molecule has 3 rings (SSSR count). The van der Waals surface area contributed by atoms with Crippen molar-refractivity contribution in [2.75, 3.05) is 20.0 Å². The number of thiophene rings is 1. The third kappa shape index (κ3) is 2.93. The molecule has 1 aliphatic carbocycles. The number of benzene rings is 1. The van der Waals surface area contributed by atoms with Gasteiger partial charge in [0.1, 0.15) is 11.5 Å². The summed E-state index contributed by atoms with van der Waals surface area (Å²) in [6, 6.07) is 5.23. The highest BCUT2D eigenvalue weighted by Gasteiger charge is 2.27. The summed E-state index contributed by atoms with van der Waals surface area (Å²) in [4.78, 5) is 14.3. The Morgan fingerprint density at radius 3 is 2.48 bits per heavy atom.